The molecule has 0 saturated carbocycles. The van der Waals surface area contributed by atoms with Gasteiger partial charge in [-0.15, -0.1) is 0 Å². The molecule has 0 aromatic heterocycles. The Morgan fingerprint density at radius 3 is 2.53 bits per heavy atom. The Morgan fingerprint density at radius 2 is 2.00 bits per heavy atom. The van der Waals surface area contributed by atoms with E-state index in [2.05, 4.69) is 4.74 Å². The van der Waals surface area contributed by atoms with Crippen LogP contribution in [0.2, 0.25) is 0 Å². The van der Waals surface area contributed by atoms with Crippen LogP contribution >= 0.6 is 0 Å². The van der Waals surface area contributed by atoms with Crippen LogP contribution in [0.1, 0.15) is 25.7 Å². The average Bonchev–Trinajstić information content (AvgIpc) is 2.76. The van der Waals surface area contributed by atoms with Gasteiger partial charge in [0.05, 0.1) is 33.2 Å². The van der Waals surface area contributed by atoms with Crippen molar-refractivity contribution in [2.75, 3.05) is 33.9 Å². The molecule has 4 heteroatoms. The van der Waals surface area contributed by atoms with Crippen LogP contribution in [0.15, 0.2) is 0 Å². The molecule has 1 fully saturated rings. The topological polar surface area (TPSA) is 40.0 Å². The van der Waals surface area contributed by atoms with Gasteiger partial charge in [-0.2, -0.15) is 0 Å². The van der Waals surface area contributed by atoms with E-state index in [4.69, 9.17) is 4.74 Å². The van der Waals surface area contributed by atoms with E-state index in [1.165, 1.54) is 33.0 Å². The largest absolute Gasteiger partial charge is 0.469 e. The van der Waals surface area contributed by atoms with E-state index in [-0.39, 0.29) is 5.97 Å². The summed E-state index contributed by atoms with van der Waals surface area (Å²) in [5.41, 5.74) is 0. The van der Waals surface area contributed by atoms with Crippen LogP contribution in [0, 0.1) is 0 Å². The number of carbonyl (C=O) groups excluding carboxylic acids is 1. The molecule has 1 aliphatic heterocycles. The van der Waals surface area contributed by atoms with Gasteiger partial charge in [0.1, 0.15) is 6.04 Å². The summed E-state index contributed by atoms with van der Waals surface area (Å²) in [5.74, 6) is -0.116. The standard InChI is InChI=1S/C11H21NO3/c1-14-9-10(5-6-11(13)15-2)12-7-3-4-8-12/h10H,3-9H2,1-2H3/p+1/t10-/m1/s1. The van der Waals surface area contributed by atoms with Gasteiger partial charge in [-0.05, 0) is 0 Å². The molecule has 1 heterocycles. The first-order valence-electron chi connectivity index (χ1n) is 5.68. The third-order valence-corrected chi connectivity index (χ3v) is 3.12. The van der Waals surface area contributed by atoms with Crippen molar-refractivity contribution in [3.8, 4) is 0 Å². The van der Waals surface area contributed by atoms with Crippen molar-refractivity contribution < 1.29 is 19.2 Å². The molecule has 88 valence electrons. The Bertz CT molecular complexity index is 190. The van der Waals surface area contributed by atoms with Crippen molar-refractivity contribution in [1.82, 2.24) is 0 Å². The van der Waals surface area contributed by atoms with E-state index in [0.717, 1.165) is 13.0 Å². The Hall–Kier alpha value is -0.610. The van der Waals surface area contributed by atoms with Crippen molar-refractivity contribution in [2.45, 2.75) is 31.7 Å². The van der Waals surface area contributed by atoms with Gasteiger partial charge < -0.3 is 14.4 Å². The molecule has 0 aromatic carbocycles. The van der Waals surface area contributed by atoms with Gasteiger partial charge in [0, 0.05) is 26.4 Å². The molecule has 0 spiro atoms. The zero-order valence-electron chi connectivity index (χ0n) is 9.75. The molecule has 1 aliphatic rings. The maximum atomic E-state index is 11.1. The summed E-state index contributed by atoms with van der Waals surface area (Å²) in [7, 11) is 3.16. The second-order valence-corrected chi connectivity index (χ2v) is 4.13. The summed E-state index contributed by atoms with van der Waals surface area (Å²) in [6, 6.07) is 0.455. The molecule has 0 radical (unpaired) electrons. The zero-order valence-corrected chi connectivity index (χ0v) is 9.75. The monoisotopic (exact) mass is 216 g/mol. The molecule has 0 aromatic rings. The molecule has 1 saturated heterocycles. The fraction of sp³-hybridized carbons (Fsp3) is 0.909. The van der Waals surface area contributed by atoms with Crippen molar-refractivity contribution in [3.05, 3.63) is 0 Å². The SMILES string of the molecule is COC[C@@H](CCC(=O)OC)[NH+]1CCCC1. The third-order valence-electron chi connectivity index (χ3n) is 3.12. The van der Waals surface area contributed by atoms with Crippen LogP contribution in [0.3, 0.4) is 0 Å². The van der Waals surface area contributed by atoms with Gasteiger partial charge in [0.2, 0.25) is 0 Å². The Labute approximate surface area is 91.5 Å². The summed E-state index contributed by atoms with van der Waals surface area (Å²) in [6.45, 7) is 3.18. The zero-order chi connectivity index (χ0) is 11.1. The number of rotatable bonds is 6. The Balaban J connectivity index is 2.32. The number of quaternary nitrogens is 1. The van der Waals surface area contributed by atoms with E-state index in [9.17, 15) is 4.79 Å². The number of methoxy groups -OCH3 is 2. The van der Waals surface area contributed by atoms with Crippen LogP contribution in [0.25, 0.3) is 0 Å². The lowest BCUT2D eigenvalue weighted by Gasteiger charge is -2.23. The van der Waals surface area contributed by atoms with Crippen LogP contribution in [0.5, 0.6) is 0 Å². The average molecular weight is 216 g/mol. The predicted molar refractivity (Wildman–Crippen MR) is 56.8 cm³/mol. The van der Waals surface area contributed by atoms with Gasteiger partial charge >= 0.3 is 5.97 Å². The highest BCUT2D eigenvalue weighted by atomic mass is 16.5. The number of ether oxygens (including phenoxy) is 2. The summed E-state index contributed by atoms with van der Waals surface area (Å²) >= 11 is 0. The second kappa shape index (κ2) is 6.80. The second-order valence-electron chi connectivity index (χ2n) is 4.13. The summed E-state index contributed by atoms with van der Waals surface area (Å²) in [6.07, 6.45) is 3.98. The minimum Gasteiger partial charge on any atom is -0.469 e. The molecule has 0 amide bonds. The van der Waals surface area contributed by atoms with Crippen molar-refractivity contribution >= 4 is 5.97 Å². The number of hydrogen-bond donors (Lipinski definition) is 1. The lowest BCUT2D eigenvalue weighted by molar-refractivity contribution is -0.914. The molecule has 1 N–H and O–H groups in total. The first kappa shape index (κ1) is 12.5. The Morgan fingerprint density at radius 1 is 1.33 bits per heavy atom. The number of carbonyl (C=O) groups is 1. The number of nitrogens with one attached hydrogen (secondary N) is 1. The lowest BCUT2D eigenvalue weighted by Crippen LogP contribution is -3.14. The third kappa shape index (κ3) is 4.18. The number of esters is 1. The van der Waals surface area contributed by atoms with Crippen molar-refractivity contribution in [3.63, 3.8) is 0 Å². The fourth-order valence-electron chi connectivity index (χ4n) is 2.24. The normalized spacial score (nSPS) is 19.1. The van der Waals surface area contributed by atoms with E-state index in [1.807, 2.05) is 0 Å². The molecule has 0 unspecified atom stereocenters. The molecular weight excluding hydrogens is 194 g/mol. The van der Waals surface area contributed by atoms with Crippen molar-refractivity contribution in [2.24, 2.45) is 0 Å². The van der Waals surface area contributed by atoms with E-state index < -0.39 is 0 Å². The maximum Gasteiger partial charge on any atom is 0.305 e. The molecular formula is C11H22NO3+. The molecule has 1 atom stereocenters. The smallest absolute Gasteiger partial charge is 0.305 e. The van der Waals surface area contributed by atoms with Gasteiger partial charge in [-0.3, -0.25) is 4.79 Å². The molecule has 1 rings (SSSR count). The number of likely N-dealkylation sites (tertiary alicyclic amines) is 1. The minimum atomic E-state index is -0.116. The van der Waals surface area contributed by atoms with Gasteiger partial charge in [-0.1, -0.05) is 0 Å². The highest BCUT2D eigenvalue weighted by Crippen LogP contribution is 2.00. The minimum absolute atomic E-state index is 0.116. The number of hydrogen-bond acceptors (Lipinski definition) is 3. The van der Waals surface area contributed by atoms with Gasteiger partial charge in [0.25, 0.3) is 0 Å². The summed E-state index contributed by atoms with van der Waals surface area (Å²) in [5, 5.41) is 0. The Kier molecular flexibility index (Phi) is 5.65. The fourth-order valence-corrected chi connectivity index (χ4v) is 2.24. The van der Waals surface area contributed by atoms with Crippen LogP contribution < -0.4 is 4.90 Å². The summed E-state index contributed by atoms with van der Waals surface area (Å²) < 4.78 is 9.86. The van der Waals surface area contributed by atoms with Gasteiger partial charge in [0.15, 0.2) is 0 Å². The highest BCUT2D eigenvalue weighted by molar-refractivity contribution is 5.69. The maximum absolute atomic E-state index is 11.1. The summed E-state index contributed by atoms with van der Waals surface area (Å²) in [4.78, 5) is 12.6. The van der Waals surface area contributed by atoms with Crippen LogP contribution in [0.4, 0.5) is 0 Å². The van der Waals surface area contributed by atoms with E-state index in [0.29, 0.717) is 12.5 Å². The van der Waals surface area contributed by atoms with Crippen molar-refractivity contribution in [1.29, 1.82) is 0 Å². The predicted octanol–water partition coefficient (Wildman–Crippen LogP) is -0.367. The molecule has 4 nitrogen and oxygen atoms in total. The van der Waals surface area contributed by atoms with Crippen LogP contribution in [-0.4, -0.2) is 45.9 Å². The van der Waals surface area contributed by atoms with Gasteiger partial charge in [-0.25, -0.2) is 0 Å². The quantitative estimate of drug-likeness (QED) is 0.616. The molecule has 15 heavy (non-hydrogen) atoms. The molecule has 0 bridgehead atoms. The lowest BCUT2D eigenvalue weighted by atomic mass is 10.1. The first-order valence-corrected chi connectivity index (χ1v) is 5.68. The first-order chi connectivity index (χ1) is 7.27. The van der Waals surface area contributed by atoms with E-state index in [1.54, 1.807) is 12.0 Å². The van der Waals surface area contributed by atoms with E-state index >= 15 is 0 Å². The van der Waals surface area contributed by atoms with Crippen LogP contribution in [-0.2, 0) is 14.3 Å². The molecule has 0 aliphatic carbocycles. The highest BCUT2D eigenvalue weighted by Gasteiger charge is 2.26.